The van der Waals surface area contributed by atoms with Crippen molar-refractivity contribution in [1.29, 1.82) is 0 Å². The number of carbonyl (C=O) groups excluding carboxylic acids is 1. The Morgan fingerprint density at radius 1 is 1.24 bits per heavy atom. The molecule has 1 heterocycles. The van der Waals surface area contributed by atoms with Gasteiger partial charge in [-0.15, -0.1) is 0 Å². The van der Waals surface area contributed by atoms with Crippen molar-refractivity contribution in [2.45, 2.75) is 33.6 Å². The Morgan fingerprint density at radius 3 is 2.43 bits per heavy atom. The SMILES string of the molecule is CC(C)(C)C(=O)Cc1nc(Cc2c(Cl)cccc2Cl)no1. The van der Waals surface area contributed by atoms with Crippen LogP contribution in [0.2, 0.25) is 10.0 Å². The standard InChI is InChI=1S/C15H16Cl2N2O2/c1-15(2,3)12(20)8-14-18-13(19-21-14)7-9-10(16)5-4-6-11(9)17/h4-6H,7-8H2,1-3H3. The highest BCUT2D eigenvalue weighted by Crippen LogP contribution is 2.26. The smallest absolute Gasteiger partial charge is 0.234 e. The summed E-state index contributed by atoms with van der Waals surface area (Å²) in [6, 6.07) is 5.29. The van der Waals surface area contributed by atoms with Gasteiger partial charge < -0.3 is 4.52 Å². The Balaban J connectivity index is 2.12. The molecular formula is C15H16Cl2N2O2. The fourth-order valence-electron chi connectivity index (χ4n) is 1.70. The minimum Gasteiger partial charge on any atom is -0.339 e. The number of halogens is 2. The third-order valence-corrected chi connectivity index (χ3v) is 3.76. The molecule has 0 aliphatic heterocycles. The summed E-state index contributed by atoms with van der Waals surface area (Å²) in [7, 11) is 0. The van der Waals surface area contributed by atoms with Crippen LogP contribution in [0.25, 0.3) is 0 Å². The molecule has 112 valence electrons. The Hall–Kier alpha value is -1.39. The molecule has 6 heteroatoms. The molecule has 1 aromatic carbocycles. The van der Waals surface area contributed by atoms with Crippen LogP contribution >= 0.6 is 23.2 Å². The number of ketones is 1. The Kier molecular flexibility index (Phi) is 4.69. The quantitative estimate of drug-likeness (QED) is 0.847. The number of rotatable bonds is 4. The second kappa shape index (κ2) is 6.16. The number of carbonyl (C=O) groups is 1. The van der Waals surface area contributed by atoms with Gasteiger partial charge in [0, 0.05) is 21.9 Å². The van der Waals surface area contributed by atoms with Crippen molar-refractivity contribution in [3.8, 4) is 0 Å². The van der Waals surface area contributed by atoms with Gasteiger partial charge in [-0.2, -0.15) is 4.98 Å². The van der Waals surface area contributed by atoms with E-state index in [1.54, 1.807) is 18.2 Å². The molecule has 0 fully saturated rings. The number of aromatic nitrogens is 2. The maximum atomic E-state index is 11.9. The molecular weight excluding hydrogens is 311 g/mol. The van der Waals surface area contributed by atoms with Crippen molar-refractivity contribution in [2.75, 3.05) is 0 Å². The third kappa shape index (κ3) is 4.05. The maximum absolute atomic E-state index is 11.9. The predicted molar refractivity (Wildman–Crippen MR) is 81.7 cm³/mol. The van der Waals surface area contributed by atoms with Gasteiger partial charge >= 0.3 is 0 Å². The minimum atomic E-state index is -0.430. The number of nitrogens with zero attached hydrogens (tertiary/aromatic N) is 2. The second-order valence-electron chi connectivity index (χ2n) is 5.83. The molecule has 0 bridgehead atoms. The normalized spacial score (nSPS) is 11.7. The first-order chi connectivity index (χ1) is 9.77. The summed E-state index contributed by atoms with van der Waals surface area (Å²) >= 11 is 12.2. The molecule has 2 rings (SSSR count). The first-order valence-electron chi connectivity index (χ1n) is 6.55. The largest absolute Gasteiger partial charge is 0.339 e. The van der Waals surface area contributed by atoms with Crippen molar-refractivity contribution in [2.24, 2.45) is 5.41 Å². The van der Waals surface area contributed by atoms with E-state index >= 15 is 0 Å². The molecule has 0 amide bonds. The van der Waals surface area contributed by atoms with Gasteiger partial charge in [0.2, 0.25) is 5.89 Å². The third-order valence-electron chi connectivity index (χ3n) is 3.06. The van der Waals surface area contributed by atoms with Gasteiger partial charge in [-0.3, -0.25) is 4.79 Å². The minimum absolute atomic E-state index is 0.0495. The fourth-order valence-corrected chi connectivity index (χ4v) is 2.23. The van der Waals surface area contributed by atoms with E-state index < -0.39 is 5.41 Å². The van der Waals surface area contributed by atoms with Crippen LogP contribution in [0.4, 0.5) is 0 Å². The summed E-state index contributed by atoms with van der Waals surface area (Å²) in [6.45, 7) is 5.57. The molecule has 0 unspecified atom stereocenters. The van der Waals surface area contributed by atoms with E-state index in [0.29, 0.717) is 28.2 Å². The lowest BCUT2D eigenvalue weighted by Gasteiger charge is -2.14. The molecule has 0 saturated carbocycles. The van der Waals surface area contributed by atoms with E-state index in [2.05, 4.69) is 10.1 Å². The first-order valence-corrected chi connectivity index (χ1v) is 7.30. The van der Waals surface area contributed by atoms with Crippen LogP contribution < -0.4 is 0 Å². The van der Waals surface area contributed by atoms with Crippen LogP contribution in [0, 0.1) is 5.41 Å². The highest BCUT2D eigenvalue weighted by molar-refractivity contribution is 6.36. The first kappa shape index (κ1) is 16.0. The lowest BCUT2D eigenvalue weighted by molar-refractivity contribution is -0.125. The Bertz CT molecular complexity index is 640. The van der Waals surface area contributed by atoms with Crippen molar-refractivity contribution in [3.63, 3.8) is 0 Å². The van der Waals surface area contributed by atoms with E-state index in [1.165, 1.54) is 0 Å². The van der Waals surface area contributed by atoms with Crippen molar-refractivity contribution < 1.29 is 9.32 Å². The van der Waals surface area contributed by atoms with E-state index in [1.807, 2.05) is 20.8 Å². The van der Waals surface area contributed by atoms with Crippen molar-refractivity contribution in [3.05, 3.63) is 45.5 Å². The lowest BCUT2D eigenvalue weighted by Crippen LogP contribution is -2.22. The summed E-state index contributed by atoms with van der Waals surface area (Å²) in [5, 5.41) is 4.98. The molecule has 0 spiro atoms. The average molecular weight is 327 g/mol. The van der Waals surface area contributed by atoms with E-state index in [4.69, 9.17) is 27.7 Å². The number of hydrogen-bond donors (Lipinski definition) is 0. The molecule has 21 heavy (non-hydrogen) atoms. The van der Waals surface area contributed by atoms with Gasteiger partial charge in [-0.1, -0.05) is 55.2 Å². The van der Waals surface area contributed by atoms with Crippen LogP contribution in [0.3, 0.4) is 0 Å². The number of Topliss-reactive ketones (excluding diaryl/α,β-unsaturated/α-hetero) is 1. The van der Waals surface area contributed by atoms with Crippen molar-refractivity contribution in [1.82, 2.24) is 10.1 Å². The van der Waals surface area contributed by atoms with Crippen LogP contribution in [0.5, 0.6) is 0 Å². The second-order valence-corrected chi connectivity index (χ2v) is 6.65. The summed E-state index contributed by atoms with van der Waals surface area (Å²) in [5.74, 6) is 0.822. The van der Waals surface area contributed by atoms with Crippen molar-refractivity contribution >= 4 is 29.0 Å². The molecule has 0 atom stereocenters. The zero-order valence-electron chi connectivity index (χ0n) is 12.1. The highest BCUT2D eigenvalue weighted by Gasteiger charge is 2.24. The molecule has 0 N–H and O–H groups in total. The molecule has 0 saturated heterocycles. The monoisotopic (exact) mass is 326 g/mol. The molecule has 4 nitrogen and oxygen atoms in total. The highest BCUT2D eigenvalue weighted by atomic mass is 35.5. The molecule has 0 aliphatic carbocycles. The van der Waals surface area contributed by atoms with Gasteiger partial charge in [-0.25, -0.2) is 0 Å². The number of hydrogen-bond acceptors (Lipinski definition) is 4. The van der Waals surface area contributed by atoms with Crippen LogP contribution in [0.15, 0.2) is 22.7 Å². The summed E-state index contributed by atoms with van der Waals surface area (Å²) in [6.07, 6.45) is 0.498. The molecule has 1 aromatic heterocycles. The van der Waals surface area contributed by atoms with Crippen LogP contribution in [-0.4, -0.2) is 15.9 Å². The van der Waals surface area contributed by atoms with E-state index in [-0.39, 0.29) is 12.2 Å². The maximum Gasteiger partial charge on any atom is 0.234 e. The van der Waals surface area contributed by atoms with Crippen LogP contribution in [-0.2, 0) is 17.6 Å². The topological polar surface area (TPSA) is 56.0 Å². The molecule has 0 aliphatic rings. The van der Waals surface area contributed by atoms with Gasteiger partial charge in [0.1, 0.15) is 5.78 Å². The van der Waals surface area contributed by atoms with E-state index in [9.17, 15) is 4.79 Å². The van der Waals surface area contributed by atoms with E-state index in [0.717, 1.165) is 5.56 Å². The summed E-state index contributed by atoms with van der Waals surface area (Å²) in [4.78, 5) is 16.2. The van der Waals surface area contributed by atoms with Gasteiger partial charge in [0.25, 0.3) is 0 Å². The lowest BCUT2D eigenvalue weighted by atomic mass is 9.89. The fraction of sp³-hybridized carbons (Fsp3) is 0.400. The zero-order valence-corrected chi connectivity index (χ0v) is 13.6. The predicted octanol–water partition coefficient (Wildman–Crippen LogP) is 4.12. The Labute approximate surface area is 133 Å². The summed E-state index contributed by atoms with van der Waals surface area (Å²) in [5.41, 5.74) is 0.316. The molecule has 0 radical (unpaired) electrons. The van der Waals surface area contributed by atoms with Gasteiger partial charge in [-0.05, 0) is 17.7 Å². The zero-order chi connectivity index (χ0) is 15.6. The average Bonchev–Trinajstić information content (AvgIpc) is 2.80. The van der Waals surface area contributed by atoms with Gasteiger partial charge in [0.05, 0.1) is 6.42 Å². The Morgan fingerprint density at radius 2 is 1.86 bits per heavy atom. The summed E-state index contributed by atoms with van der Waals surface area (Å²) < 4.78 is 5.11. The number of benzene rings is 1. The van der Waals surface area contributed by atoms with Crippen LogP contribution in [0.1, 0.15) is 38.0 Å². The molecule has 2 aromatic rings. The van der Waals surface area contributed by atoms with Gasteiger partial charge in [0.15, 0.2) is 5.82 Å².